The molecular weight excluding hydrogens is 424 g/mol. The van der Waals surface area contributed by atoms with Crippen LogP contribution in [0.2, 0.25) is 0 Å². The number of aryl methyl sites for hydroxylation is 4. The Hall–Kier alpha value is -1.78. The molecule has 1 aliphatic carbocycles. The van der Waals surface area contributed by atoms with Crippen molar-refractivity contribution in [2.24, 2.45) is 5.92 Å². The van der Waals surface area contributed by atoms with Gasteiger partial charge in [-0.2, -0.15) is 4.31 Å². The van der Waals surface area contributed by atoms with Crippen LogP contribution in [0.25, 0.3) is 0 Å². The number of aromatic nitrogens is 2. The lowest BCUT2D eigenvalue weighted by Crippen LogP contribution is -2.43. The molecule has 0 aromatic carbocycles. The van der Waals surface area contributed by atoms with Gasteiger partial charge in [0.25, 0.3) is 0 Å². The monoisotopic (exact) mass is 452 g/mol. The van der Waals surface area contributed by atoms with E-state index in [1.807, 2.05) is 0 Å². The third kappa shape index (κ3) is 4.31. The van der Waals surface area contributed by atoms with Crippen LogP contribution in [-0.4, -0.2) is 41.9 Å². The van der Waals surface area contributed by atoms with E-state index < -0.39 is 15.9 Å². The normalized spacial score (nSPS) is 20.9. The Morgan fingerprint density at radius 1 is 1.17 bits per heavy atom. The van der Waals surface area contributed by atoms with Crippen molar-refractivity contribution in [2.75, 3.05) is 18.4 Å². The minimum Gasteiger partial charge on any atom is -0.360 e. The molecule has 10 heteroatoms. The van der Waals surface area contributed by atoms with Gasteiger partial charge in [-0.3, -0.25) is 4.79 Å². The first kappa shape index (κ1) is 21.5. The van der Waals surface area contributed by atoms with E-state index in [9.17, 15) is 13.2 Å². The van der Waals surface area contributed by atoms with Crippen LogP contribution in [0.5, 0.6) is 0 Å². The molecule has 1 amide bonds. The molecule has 4 rings (SSSR count). The van der Waals surface area contributed by atoms with Crippen LogP contribution in [0, 0.1) is 19.8 Å². The van der Waals surface area contributed by atoms with Crippen LogP contribution in [0.3, 0.4) is 0 Å². The molecule has 0 bridgehead atoms. The van der Waals surface area contributed by atoms with E-state index >= 15 is 0 Å². The zero-order chi connectivity index (χ0) is 21.3. The predicted octanol–water partition coefficient (Wildman–Crippen LogP) is 3.45. The number of carbonyl (C=O) groups excluding carboxylic acids is 1. The average molecular weight is 453 g/mol. The summed E-state index contributed by atoms with van der Waals surface area (Å²) in [5.41, 5.74) is 1.46. The van der Waals surface area contributed by atoms with E-state index in [1.165, 1.54) is 28.4 Å². The summed E-state index contributed by atoms with van der Waals surface area (Å²) in [5, 5.41) is 7.36. The molecule has 164 valence electrons. The Labute approximate surface area is 181 Å². The number of sulfonamides is 1. The molecule has 1 aliphatic heterocycles. The van der Waals surface area contributed by atoms with Crippen molar-refractivity contribution in [2.45, 2.75) is 70.1 Å². The summed E-state index contributed by atoms with van der Waals surface area (Å²) in [7, 11) is -3.75. The Morgan fingerprint density at radius 2 is 1.93 bits per heavy atom. The largest absolute Gasteiger partial charge is 0.360 e. The van der Waals surface area contributed by atoms with Gasteiger partial charge < -0.3 is 9.84 Å². The molecule has 1 fully saturated rings. The number of piperidine rings is 1. The van der Waals surface area contributed by atoms with Gasteiger partial charge in [0.2, 0.25) is 15.9 Å². The quantitative estimate of drug-likeness (QED) is 0.762. The van der Waals surface area contributed by atoms with Gasteiger partial charge in [0.15, 0.2) is 10.9 Å². The fraction of sp³-hybridized carbons (Fsp3) is 0.650. The Morgan fingerprint density at radius 3 is 2.67 bits per heavy atom. The van der Waals surface area contributed by atoms with Crippen LogP contribution in [0.15, 0.2) is 9.42 Å². The number of rotatable bonds is 4. The van der Waals surface area contributed by atoms with Crippen LogP contribution < -0.4 is 5.32 Å². The second kappa shape index (κ2) is 8.76. The van der Waals surface area contributed by atoms with Crippen molar-refractivity contribution in [1.29, 1.82) is 0 Å². The number of nitrogens with one attached hydrogen (secondary N) is 1. The molecule has 2 aromatic heterocycles. The number of carbonyl (C=O) groups is 1. The van der Waals surface area contributed by atoms with Gasteiger partial charge in [-0.05, 0) is 52.4 Å². The van der Waals surface area contributed by atoms with Gasteiger partial charge in [0.05, 0.1) is 11.6 Å². The maximum atomic E-state index is 13.1. The lowest BCUT2D eigenvalue weighted by molar-refractivity contribution is -0.120. The van der Waals surface area contributed by atoms with E-state index in [-0.39, 0.29) is 23.1 Å². The number of fused-ring (bicyclic) bond motifs is 1. The first-order valence-corrected chi connectivity index (χ1v) is 12.8. The van der Waals surface area contributed by atoms with Crippen molar-refractivity contribution in [3.05, 3.63) is 22.0 Å². The highest BCUT2D eigenvalue weighted by atomic mass is 32.2. The second-order valence-electron chi connectivity index (χ2n) is 8.15. The van der Waals surface area contributed by atoms with Gasteiger partial charge >= 0.3 is 0 Å². The summed E-state index contributed by atoms with van der Waals surface area (Å²) >= 11 is 1.56. The molecular formula is C20H28N4O4S2. The summed E-state index contributed by atoms with van der Waals surface area (Å²) in [4.78, 5) is 19.0. The van der Waals surface area contributed by atoms with E-state index in [0.717, 1.165) is 25.0 Å². The van der Waals surface area contributed by atoms with E-state index in [4.69, 9.17) is 4.52 Å². The van der Waals surface area contributed by atoms with Gasteiger partial charge in [0.1, 0.15) is 10.6 Å². The fourth-order valence-electron chi connectivity index (χ4n) is 4.31. The van der Waals surface area contributed by atoms with Crippen LogP contribution in [0.1, 0.15) is 60.6 Å². The molecule has 30 heavy (non-hydrogen) atoms. The molecule has 1 atom stereocenters. The van der Waals surface area contributed by atoms with Crippen LogP contribution in [0.4, 0.5) is 5.13 Å². The predicted molar refractivity (Wildman–Crippen MR) is 114 cm³/mol. The molecule has 1 N–H and O–H groups in total. The van der Waals surface area contributed by atoms with Crippen LogP contribution in [-0.2, 0) is 27.7 Å². The van der Waals surface area contributed by atoms with Crippen molar-refractivity contribution >= 4 is 32.4 Å². The zero-order valence-corrected chi connectivity index (χ0v) is 19.1. The third-order valence-corrected chi connectivity index (χ3v) is 9.08. The Balaban J connectivity index is 1.46. The van der Waals surface area contributed by atoms with Gasteiger partial charge in [-0.15, -0.1) is 11.3 Å². The van der Waals surface area contributed by atoms with Crippen molar-refractivity contribution < 1.29 is 17.7 Å². The topological polar surface area (TPSA) is 105 Å². The SMILES string of the molecule is Cc1noc(C)c1S(=O)(=O)N1CCCC(C(=O)Nc2nc3c(s2)CCCCCC3)C1. The summed E-state index contributed by atoms with van der Waals surface area (Å²) < 4.78 is 32.6. The Kier molecular flexibility index (Phi) is 6.26. The number of amides is 1. The highest BCUT2D eigenvalue weighted by molar-refractivity contribution is 7.89. The highest BCUT2D eigenvalue weighted by Crippen LogP contribution is 2.31. The van der Waals surface area contributed by atoms with Crippen molar-refractivity contribution in [3.63, 3.8) is 0 Å². The zero-order valence-electron chi connectivity index (χ0n) is 17.4. The van der Waals surface area contributed by atoms with E-state index in [2.05, 4.69) is 15.5 Å². The maximum Gasteiger partial charge on any atom is 0.248 e. The first-order valence-electron chi connectivity index (χ1n) is 10.6. The minimum atomic E-state index is -3.75. The molecule has 2 aromatic rings. The standard InChI is InChI=1S/C20H28N4O4S2/c1-13-18(14(2)28-23-13)30(26,27)24-11-7-8-15(12-24)19(25)22-20-21-16-9-5-3-4-6-10-17(16)29-20/h15H,3-12H2,1-2H3,(H,21,22,25). The summed E-state index contributed by atoms with van der Waals surface area (Å²) in [6.45, 7) is 3.76. The lowest BCUT2D eigenvalue weighted by atomic mass is 9.99. The summed E-state index contributed by atoms with van der Waals surface area (Å²) in [6, 6.07) is 0. The maximum absolute atomic E-state index is 13.1. The first-order chi connectivity index (χ1) is 14.4. The third-order valence-electron chi connectivity index (χ3n) is 5.90. The van der Waals surface area contributed by atoms with Gasteiger partial charge in [0, 0.05) is 18.0 Å². The molecule has 1 saturated heterocycles. The van der Waals surface area contributed by atoms with Crippen molar-refractivity contribution in [3.8, 4) is 0 Å². The molecule has 0 saturated carbocycles. The molecule has 2 aliphatic rings. The molecule has 0 spiro atoms. The van der Waals surface area contributed by atoms with Gasteiger partial charge in [-0.25, -0.2) is 13.4 Å². The summed E-state index contributed by atoms with van der Waals surface area (Å²) in [5.74, 6) is -0.282. The smallest absolute Gasteiger partial charge is 0.248 e. The average Bonchev–Trinajstić information content (AvgIpc) is 3.24. The van der Waals surface area contributed by atoms with E-state index in [0.29, 0.717) is 30.2 Å². The molecule has 3 heterocycles. The van der Waals surface area contributed by atoms with Gasteiger partial charge in [-0.1, -0.05) is 18.0 Å². The minimum absolute atomic E-state index is 0.114. The number of hydrogen-bond acceptors (Lipinski definition) is 7. The van der Waals surface area contributed by atoms with E-state index in [1.54, 1.807) is 25.2 Å². The summed E-state index contributed by atoms with van der Waals surface area (Å²) in [6.07, 6.45) is 8.07. The lowest BCUT2D eigenvalue weighted by Gasteiger charge is -2.30. The second-order valence-corrected chi connectivity index (χ2v) is 11.1. The fourth-order valence-corrected chi connectivity index (χ4v) is 7.18. The number of nitrogens with zero attached hydrogens (tertiary/aromatic N) is 3. The molecule has 8 nitrogen and oxygen atoms in total. The number of anilines is 1. The van der Waals surface area contributed by atoms with Crippen molar-refractivity contribution in [1.82, 2.24) is 14.4 Å². The number of thiazole rings is 1. The highest BCUT2D eigenvalue weighted by Gasteiger charge is 2.36. The molecule has 0 radical (unpaired) electrons. The van der Waals surface area contributed by atoms with Crippen LogP contribution >= 0.6 is 11.3 Å². The molecule has 1 unspecified atom stereocenters. The number of hydrogen-bond donors (Lipinski definition) is 1. The Bertz CT molecular complexity index is 983.